The van der Waals surface area contributed by atoms with Gasteiger partial charge >= 0.3 is 0 Å². The lowest BCUT2D eigenvalue weighted by Gasteiger charge is -2.40. The van der Waals surface area contributed by atoms with Gasteiger partial charge in [-0.25, -0.2) is 4.39 Å². The Morgan fingerprint density at radius 3 is 2.81 bits per heavy atom. The monoisotopic (exact) mass is 490 g/mol. The molecule has 8 heteroatoms. The minimum Gasteiger partial charge on any atom is -0.386 e. The van der Waals surface area contributed by atoms with Crippen molar-refractivity contribution in [2.45, 2.75) is 32.3 Å². The number of hydrogen-bond acceptors (Lipinski definition) is 3. The molecule has 0 aromatic heterocycles. The van der Waals surface area contributed by atoms with E-state index in [1.807, 2.05) is 6.92 Å². The van der Waals surface area contributed by atoms with Crippen LogP contribution in [0, 0.1) is 11.2 Å². The van der Waals surface area contributed by atoms with Crippen LogP contribution in [0.3, 0.4) is 0 Å². The number of hydrogen-bond donors (Lipinski definition) is 3. The summed E-state index contributed by atoms with van der Waals surface area (Å²) in [5.74, 6) is 0.559. The number of carbonyl (C=O) groups excluding carboxylic acids is 1. The predicted molar refractivity (Wildman–Crippen MR) is 114 cm³/mol. The van der Waals surface area contributed by atoms with Gasteiger partial charge in [-0.2, -0.15) is 0 Å². The van der Waals surface area contributed by atoms with E-state index in [9.17, 15) is 14.3 Å². The fraction of sp³-hybridized carbons (Fsp3) is 0.579. The fourth-order valence-corrected chi connectivity index (χ4v) is 3.82. The highest BCUT2D eigenvalue weighted by molar-refractivity contribution is 14.0. The molecule has 1 aromatic rings. The smallest absolute Gasteiger partial charge is 0.220 e. The van der Waals surface area contributed by atoms with Gasteiger partial charge in [-0.3, -0.25) is 9.79 Å². The van der Waals surface area contributed by atoms with Crippen LogP contribution in [-0.4, -0.2) is 54.6 Å². The molecule has 2 fully saturated rings. The van der Waals surface area contributed by atoms with Gasteiger partial charge in [-0.15, -0.1) is 24.0 Å². The van der Waals surface area contributed by atoms with Crippen molar-refractivity contribution in [1.82, 2.24) is 15.5 Å². The van der Waals surface area contributed by atoms with Gasteiger partial charge in [0.2, 0.25) is 5.91 Å². The molecule has 1 amide bonds. The van der Waals surface area contributed by atoms with Crippen LogP contribution in [0.25, 0.3) is 0 Å². The number of aliphatic imine (C=N–C) groups is 1. The third-order valence-electron chi connectivity index (χ3n) is 5.16. The number of nitrogens with one attached hydrogen (secondary N) is 2. The number of rotatable bonds is 4. The summed E-state index contributed by atoms with van der Waals surface area (Å²) in [6, 6.07) is 5.83. The molecule has 3 N–H and O–H groups in total. The Kier molecular flexibility index (Phi) is 7.84. The summed E-state index contributed by atoms with van der Waals surface area (Å²) in [5.41, 5.74) is 0.632. The molecule has 2 saturated heterocycles. The largest absolute Gasteiger partial charge is 0.386 e. The first-order valence-electron chi connectivity index (χ1n) is 9.25. The van der Waals surface area contributed by atoms with E-state index in [4.69, 9.17) is 0 Å². The first-order chi connectivity index (χ1) is 12.5. The number of aliphatic hydroxyl groups is 1. The summed E-state index contributed by atoms with van der Waals surface area (Å²) in [6.07, 6.45) is 1.85. The lowest BCUT2D eigenvalue weighted by Crippen LogP contribution is -2.51. The molecule has 1 spiro atoms. The topological polar surface area (TPSA) is 77.0 Å². The minimum absolute atomic E-state index is 0. The second-order valence-electron chi connectivity index (χ2n) is 7.24. The van der Waals surface area contributed by atoms with Crippen molar-refractivity contribution < 1.29 is 14.3 Å². The van der Waals surface area contributed by atoms with Gasteiger partial charge in [0.25, 0.3) is 0 Å². The van der Waals surface area contributed by atoms with E-state index in [1.54, 1.807) is 12.1 Å². The van der Waals surface area contributed by atoms with E-state index in [0.29, 0.717) is 12.0 Å². The third-order valence-corrected chi connectivity index (χ3v) is 5.16. The maximum absolute atomic E-state index is 13.0. The van der Waals surface area contributed by atoms with Gasteiger partial charge in [0.05, 0.1) is 12.6 Å². The van der Waals surface area contributed by atoms with Crippen LogP contribution in [0.15, 0.2) is 29.3 Å². The highest BCUT2D eigenvalue weighted by atomic mass is 127. The molecule has 6 nitrogen and oxygen atoms in total. The molecule has 3 rings (SSSR count). The molecular weight excluding hydrogens is 462 g/mol. The average Bonchev–Trinajstić information content (AvgIpc) is 2.98. The number of halogens is 2. The molecule has 150 valence electrons. The highest BCUT2D eigenvalue weighted by Gasteiger charge is 2.42. The number of piperidine rings is 1. The quantitative estimate of drug-likeness (QED) is 0.343. The van der Waals surface area contributed by atoms with E-state index in [0.717, 1.165) is 45.0 Å². The van der Waals surface area contributed by atoms with Crippen molar-refractivity contribution in [3.05, 3.63) is 35.6 Å². The zero-order valence-electron chi connectivity index (χ0n) is 15.6. The van der Waals surface area contributed by atoms with Crippen LogP contribution in [0.1, 0.15) is 37.9 Å². The molecule has 0 aliphatic carbocycles. The lowest BCUT2D eigenvalue weighted by atomic mass is 9.79. The SMILES string of the molecule is CCNC(=NCC(O)c1ccc(F)cc1)N1CCCC2(CNC(=O)C2)C1.I. The first-order valence-corrected chi connectivity index (χ1v) is 9.25. The van der Waals surface area contributed by atoms with E-state index in [1.165, 1.54) is 12.1 Å². The van der Waals surface area contributed by atoms with E-state index >= 15 is 0 Å². The molecule has 0 saturated carbocycles. The number of aliphatic hydroxyl groups excluding tert-OH is 1. The Balaban J connectivity index is 0.00000261. The van der Waals surface area contributed by atoms with E-state index in [-0.39, 0.29) is 47.7 Å². The number of nitrogens with zero attached hydrogens (tertiary/aromatic N) is 2. The molecule has 1 aromatic carbocycles. The van der Waals surface area contributed by atoms with Crippen LogP contribution < -0.4 is 10.6 Å². The maximum atomic E-state index is 13.0. The van der Waals surface area contributed by atoms with Crippen molar-refractivity contribution in [3.8, 4) is 0 Å². The first kappa shape index (κ1) is 21.9. The summed E-state index contributed by atoms with van der Waals surface area (Å²) in [7, 11) is 0. The van der Waals surface area contributed by atoms with Gasteiger partial charge in [0, 0.05) is 38.0 Å². The van der Waals surface area contributed by atoms with Gasteiger partial charge in [-0.1, -0.05) is 12.1 Å². The Hall–Kier alpha value is -1.42. The second kappa shape index (κ2) is 9.68. The van der Waals surface area contributed by atoms with E-state index in [2.05, 4.69) is 20.5 Å². The molecule has 2 atom stereocenters. The van der Waals surface area contributed by atoms with Gasteiger partial charge in [0.15, 0.2) is 5.96 Å². The molecule has 2 aliphatic heterocycles. The zero-order chi connectivity index (χ0) is 18.6. The van der Waals surface area contributed by atoms with Crippen LogP contribution in [0.2, 0.25) is 0 Å². The van der Waals surface area contributed by atoms with Crippen LogP contribution in [-0.2, 0) is 4.79 Å². The number of guanidine groups is 1. The number of amides is 1. The lowest BCUT2D eigenvalue weighted by molar-refractivity contribution is -0.119. The molecule has 0 bridgehead atoms. The van der Waals surface area contributed by atoms with Crippen molar-refractivity contribution in [2.75, 3.05) is 32.7 Å². The normalized spacial score (nSPS) is 23.7. The van der Waals surface area contributed by atoms with Crippen molar-refractivity contribution >= 4 is 35.8 Å². The summed E-state index contributed by atoms with van der Waals surface area (Å²) < 4.78 is 13.0. The molecule has 27 heavy (non-hydrogen) atoms. The van der Waals surface area contributed by atoms with Gasteiger partial charge in [0.1, 0.15) is 5.82 Å². The Labute approximate surface area is 176 Å². The van der Waals surface area contributed by atoms with Crippen molar-refractivity contribution in [1.29, 1.82) is 0 Å². The molecule has 2 unspecified atom stereocenters. The molecular formula is C19H28FIN4O2. The summed E-state index contributed by atoms with van der Waals surface area (Å²) in [5, 5.41) is 16.6. The summed E-state index contributed by atoms with van der Waals surface area (Å²) in [4.78, 5) is 18.5. The van der Waals surface area contributed by atoms with Crippen LogP contribution in [0.4, 0.5) is 4.39 Å². The standard InChI is InChI=1S/C19H27FN4O2.HI/c1-2-21-18(22-11-16(25)14-4-6-15(20)7-5-14)24-9-3-8-19(13-24)10-17(26)23-12-19;/h4-7,16,25H,2-3,8-13H2,1H3,(H,21,22)(H,23,26);1H. The predicted octanol–water partition coefficient (Wildman–Crippen LogP) is 2.04. The molecule has 2 aliphatic rings. The van der Waals surface area contributed by atoms with Gasteiger partial charge in [-0.05, 0) is 37.5 Å². The zero-order valence-corrected chi connectivity index (χ0v) is 17.9. The number of carbonyl (C=O) groups is 1. The number of likely N-dealkylation sites (tertiary alicyclic amines) is 1. The third kappa shape index (κ3) is 5.54. The fourth-order valence-electron chi connectivity index (χ4n) is 3.82. The minimum atomic E-state index is -0.780. The van der Waals surface area contributed by atoms with Crippen molar-refractivity contribution in [3.63, 3.8) is 0 Å². The van der Waals surface area contributed by atoms with Crippen LogP contribution in [0.5, 0.6) is 0 Å². The molecule has 0 radical (unpaired) electrons. The maximum Gasteiger partial charge on any atom is 0.220 e. The second-order valence-corrected chi connectivity index (χ2v) is 7.24. The Morgan fingerprint density at radius 1 is 1.44 bits per heavy atom. The Bertz CT molecular complexity index is 670. The summed E-state index contributed by atoms with van der Waals surface area (Å²) >= 11 is 0. The van der Waals surface area contributed by atoms with Crippen LogP contribution >= 0.6 is 24.0 Å². The highest BCUT2D eigenvalue weighted by Crippen LogP contribution is 2.36. The molecule has 2 heterocycles. The number of benzene rings is 1. The summed E-state index contributed by atoms with van der Waals surface area (Å²) in [6.45, 7) is 5.33. The Morgan fingerprint density at radius 2 is 2.19 bits per heavy atom. The average molecular weight is 490 g/mol. The van der Waals surface area contributed by atoms with E-state index < -0.39 is 6.10 Å². The van der Waals surface area contributed by atoms with Gasteiger partial charge < -0.3 is 20.6 Å². The van der Waals surface area contributed by atoms with Crippen molar-refractivity contribution in [2.24, 2.45) is 10.4 Å².